The van der Waals surface area contributed by atoms with E-state index in [4.69, 9.17) is 5.26 Å². The minimum atomic E-state index is -4.59. The summed E-state index contributed by atoms with van der Waals surface area (Å²) in [6.45, 7) is 6.47. The normalized spacial score (nSPS) is 21.7. The van der Waals surface area contributed by atoms with E-state index in [2.05, 4.69) is 5.32 Å². The number of nitrogens with one attached hydrogen (secondary N) is 1. The average Bonchev–Trinajstić information content (AvgIpc) is 3.24. The number of nitrogens with zero attached hydrogens (tertiary/aromatic N) is 3. The van der Waals surface area contributed by atoms with E-state index in [-0.39, 0.29) is 35.1 Å². The molecule has 1 aromatic carbocycles. The molecule has 2 aliphatic heterocycles. The first kappa shape index (κ1) is 24.9. The van der Waals surface area contributed by atoms with Gasteiger partial charge in [0.25, 0.3) is 0 Å². The number of benzene rings is 1. The van der Waals surface area contributed by atoms with Gasteiger partial charge in [0, 0.05) is 44.8 Å². The van der Waals surface area contributed by atoms with Crippen molar-refractivity contribution in [3.05, 3.63) is 29.3 Å². The zero-order valence-corrected chi connectivity index (χ0v) is 19.1. The van der Waals surface area contributed by atoms with Gasteiger partial charge in [-0.15, -0.1) is 0 Å². The van der Waals surface area contributed by atoms with Gasteiger partial charge in [0.1, 0.15) is 0 Å². The van der Waals surface area contributed by atoms with Crippen molar-refractivity contribution in [1.82, 2.24) is 10.2 Å². The highest BCUT2D eigenvalue weighted by Crippen LogP contribution is 2.39. The van der Waals surface area contributed by atoms with Crippen molar-refractivity contribution in [2.24, 2.45) is 17.8 Å². The molecule has 0 unspecified atom stereocenters. The molecule has 33 heavy (non-hydrogen) atoms. The molecular formula is C24H31F3N4O2. The Kier molecular flexibility index (Phi) is 7.88. The van der Waals surface area contributed by atoms with Crippen molar-refractivity contribution in [2.75, 3.05) is 37.6 Å². The summed E-state index contributed by atoms with van der Waals surface area (Å²) in [5.41, 5.74) is -0.846. The van der Waals surface area contributed by atoms with Crippen LogP contribution in [-0.2, 0) is 15.8 Å². The lowest BCUT2D eigenvalue weighted by Gasteiger charge is -2.37. The lowest BCUT2D eigenvalue weighted by Crippen LogP contribution is -2.41. The molecule has 2 fully saturated rings. The Morgan fingerprint density at radius 1 is 1.18 bits per heavy atom. The van der Waals surface area contributed by atoms with Gasteiger partial charge in [0.15, 0.2) is 0 Å². The Balaban J connectivity index is 1.72. The third-order valence-corrected chi connectivity index (χ3v) is 6.81. The number of piperidine rings is 1. The fraction of sp³-hybridized carbons (Fsp3) is 0.625. The summed E-state index contributed by atoms with van der Waals surface area (Å²) in [6.07, 6.45) is -1.89. The Labute approximate surface area is 192 Å². The molecular weight excluding hydrogens is 433 g/mol. The Morgan fingerprint density at radius 3 is 2.45 bits per heavy atom. The van der Waals surface area contributed by atoms with E-state index >= 15 is 0 Å². The number of hydrogen-bond acceptors (Lipinski definition) is 4. The number of hydrogen-bond donors (Lipinski definition) is 1. The quantitative estimate of drug-likeness (QED) is 0.695. The van der Waals surface area contributed by atoms with Crippen molar-refractivity contribution in [3.63, 3.8) is 0 Å². The first-order chi connectivity index (χ1) is 15.7. The smallest absolute Gasteiger partial charge is 0.372 e. The second kappa shape index (κ2) is 10.4. The average molecular weight is 465 g/mol. The molecule has 1 aromatic rings. The molecule has 2 saturated heterocycles. The van der Waals surface area contributed by atoms with E-state index in [1.54, 1.807) is 17.0 Å². The van der Waals surface area contributed by atoms with Gasteiger partial charge in [0.05, 0.1) is 23.1 Å². The highest BCUT2D eigenvalue weighted by atomic mass is 19.4. The van der Waals surface area contributed by atoms with Crippen LogP contribution in [0.1, 0.15) is 50.7 Å². The van der Waals surface area contributed by atoms with E-state index in [0.29, 0.717) is 44.8 Å². The highest BCUT2D eigenvalue weighted by Gasteiger charge is 2.43. The van der Waals surface area contributed by atoms with E-state index < -0.39 is 11.7 Å². The number of amides is 2. The van der Waals surface area contributed by atoms with Gasteiger partial charge in [0.2, 0.25) is 11.8 Å². The number of carbonyl (C=O) groups is 2. The molecule has 2 amide bonds. The fourth-order valence-corrected chi connectivity index (χ4v) is 5.11. The monoisotopic (exact) mass is 464 g/mol. The predicted molar refractivity (Wildman–Crippen MR) is 118 cm³/mol. The van der Waals surface area contributed by atoms with Crippen LogP contribution in [0.4, 0.5) is 18.9 Å². The minimum absolute atomic E-state index is 0.0290. The number of anilines is 1. The molecule has 9 heteroatoms. The van der Waals surface area contributed by atoms with E-state index in [0.717, 1.165) is 25.3 Å². The molecule has 2 heterocycles. The summed E-state index contributed by atoms with van der Waals surface area (Å²) >= 11 is 0. The van der Waals surface area contributed by atoms with Crippen molar-refractivity contribution in [2.45, 2.75) is 45.7 Å². The molecule has 3 rings (SSSR count). The number of carbonyl (C=O) groups excluding carboxylic acids is 2. The van der Waals surface area contributed by atoms with Crippen LogP contribution in [0.25, 0.3) is 0 Å². The SMILES string of the molecule is CCCC(=O)N1C[C@@H](C(=O)NCC)[C@H](C2CCN(c3ccc(C#N)c(C(F)(F)F)c3)CC2)C1. The van der Waals surface area contributed by atoms with Gasteiger partial charge in [-0.2, -0.15) is 18.4 Å². The van der Waals surface area contributed by atoms with Crippen LogP contribution >= 0.6 is 0 Å². The molecule has 0 aromatic heterocycles. The number of halogens is 3. The number of rotatable bonds is 6. The summed E-state index contributed by atoms with van der Waals surface area (Å²) in [7, 11) is 0. The lowest BCUT2D eigenvalue weighted by molar-refractivity contribution is -0.137. The van der Waals surface area contributed by atoms with E-state index in [1.165, 1.54) is 6.07 Å². The third kappa shape index (κ3) is 5.60. The molecule has 2 aliphatic rings. The largest absolute Gasteiger partial charge is 0.417 e. The van der Waals surface area contributed by atoms with Crippen LogP contribution in [0.5, 0.6) is 0 Å². The summed E-state index contributed by atoms with van der Waals surface area (Å²) < 4.78 is 40.0. The van der Waals surface area contributed by atoms with E-state index in [9.17, 15) is 22.8 Å². The second-order valence-electron chi connectivity index (χ2n) is 8.88. The number of alkyl halides is 3. The molecule has 180 valence electrons. The molecule has 6 nitrogen and oxygen atoms in total. The molecule has 0 radical (unpaired) electrons. The first-order valence-electron chi connectivity index (χ1n) is 11.6. The Morgan fingerprint density at radius 2 is 1.88 bits per heavy atom. The van der Waals surface area contributed by atoms with Crippen molar-refractivity contribution < 1.29 is 22.8 Å². The second-order valence-corrected chi connectivity index (χ2v) is 8.88. The van der Waals surface area contributed by atoms with Crippen LogP contribution in [0, 0.1) is 29.1 Å². The maximum atomic E-state index is 13.3. The van der Waals surface area contributed by atoms with Crippen molar-refractivity contribution in [3.8, 4) is 6.07 Å². The molecule has 0 bridgehead atoms. The number of nitriles is 1. The maximum Gasteiger partial charge on any atom is 0.417 e. The minimum Gasteiger partial charge on any atom is -0.372 e. The van der Waals surface area contributed by atoms with Gasteiger partial charge in [-0.05, 0) is 56.2 Å². The van der Waals surface area contributed by atoms with Crippen LogP contribution in [-0.4, -0.2) is 49.4 Å². The molecule has 2 atom stereocenters. The van der Waals surface area contributed by atoms with Gasteiger partial charge >= 0.3 is 6.18 Å². The standard InChI is InChI=1S/C24H31F3N4O2/c1-3-5-22(32)31-14-19(20(15-31)23(33)29-4-2)16-8-10-30(11-9-16)18-7-6-17(13-28)21(12-18)24(25,26)27/h6-7,12,16,19-20H,3-5,8-11,14-15H2,1-2H3,(H,29,33)/t19-,20+/m0/s1. The third-order valence-electron chi connectivity index (χ3n) is 6.81. The lowest BCUT2D eigenvalue weighted by atomic mass is 9.78. The van der Waals surface area contributed by atoms with Crippen LogP contribution in [0.15, 0.2) is 18.2 Å². The summed E-state index contributed by atoms with van der Waals surface area (Å²) in [6, 6.07) is 5.46. The molecule has 0 aliphatic carbocycles. The van der Waals surface area contributed by atoms with Crippen molar-refractivity contribution >= 4 is 17.5 Å². The van der Waals surface area contributed by atoms with Crippen LogP contribution in [0.3, 0.4) is 0 Å². The predicted octanol–water partition coefficient (Wildman–Crippen LogP) is 3.80. The molecule has 0 saturated carbocycles. The maximum absolute atomic E-state index is 13.3. The van der Waals surface area contributed by atoms with Gasteiger partial charge in [-0.3, -0.25) is 9.59 Å². The topological polar surface area (TPSA) is 76.4 Å². The van der Waals surface area contributed by atoms with Crippen molar-refractivity contribution in [1.29, 1.82) is 5.26 Å². The van der Waals surface area contributed by atoms with Gasteiger partial charge in [-0.1, -0.05) is 6.92 Å². The first-order valence-corrected chi connectivity index (χ1v) is 11.6. The van der Waals surface area contributed by atoms with Crippen LogP contribution in [0.2, 0.25) is 0 Å². The van der Waals surface area contributed by atoms with Gasteiger partial charge < -0.3 is 15.1 Å². The summed E-state index contributed by atoms with van der Waals surface area (Å²) in [5.74, 6) is 0.0524. The zero-order chi connectivity index (χ0) is 24.2. The van der Waals surface area contributed by atoms with E-state index in [1.807, 2.05) is 18.7 Å². The fourth-order valence-electron chi connectivity index (χ4n) is 5.11. The van der Waals surface area contributed by atoms with Gasteiger partial charge in [-0.25, -0.2) is 0 Å². The number of likely N-dealkylation sites (tertiary alicyclic amines) is 1. The summed E-state index contributed by atoms with van der Waals surface area (Å²) in [4.78, 5) is 28.9. The summed E-state index contributed by atoms with van der Waals surface area (Å²) in [5, 5.41) is 11.9. The highest BCUT2D eigenvalue weighted by molar-refractivity contribution is 5.82. The molecule has 0 spiro atoms. The Bertz CT molecular complexity index is 904. The van der Waals surface area contributed by atoms with Crippen LogP contribution < -0.4 is 10.2 Å². The Hall–Kier alpha value is -2.76. The molecule has 1 N–H and O–H groups in total. The zero-order valence-electron chi connectivity index (χ0n) is 19.1.